The summed E-state index contributed by atoms with van der Waals surface area (Å²) in [6, 6.07) is 4.78. The van der Waals surface area contributed by atoms with Gasteiger partial charge in [0.1, 0.15) is 5.82 Å². The first-order chi connectivity index (χ1) is 8.60. The van der Waals surface area contributed by atoms with Gasteiger partial charge in [0, 0.05) is 0 Å². The first kappa shape index (κ1) is 12.7. The fourth-order valence-electron chi connectivity index (χ4n) is 1.46. The fraction of sp³-hybridized carbons (Fsp3) is 0.250. The molecule has 4 nitrogen and oxygen atoms in total. The second-order valence-electron chi connectivity index (χ2n) is 3.63. The lowest BCUT2D eigenvalue weighted by molar-refractivity contribution is 0.312. The Balaban J connectivity index is 2.52. The summed E-state index contributed by atoms with van der Waals surface area (Å²) < 4.78 is 18.9. The summed E-state index contributed by atoms with van der Waals surface area (Å²) in [6.07, 6.45) is 0. The van der Waals surface area contributed by atoms with E-state index in [-0.39, 0.29) is 22.7 Å². The van der Waals surface area contributed by atoms with Gasteiger partial charge in [-0.2, -0.15) is 15.0 Å². The summed E-state index contributed by atoms with van der Waals surface area (Å²) in [6.45, 7) is 4.05. The minimum absolute atomic E-state index is 0.0237. The molecule has 0 amide bonds. The van der Waals surface area contributed by atoms with Crippen LogP contribution in [-0.2, 0) is 0 Å². The molecule has 0 N–H and O–H groups in total. The van der Waals surface area contributed by atoms with Gasteiger partial charge < -0.3 is 4.74 Å². The molecule has 0 spiro atoms. The average Bonchev–Trinajstić information content (AvgIpc) is 2.32. The predicted molar refractivity (Wildman–Crippen MR) is 66.1 cm³/mol. The van der Waals surface area contributed by atoms with Gasteiger partial charge >= 0.3 is 6.01 Å². The van der Waals surface area contributed by atoms with Crippen LogP contribution in [0.5, 0.6) is 6.01 Å². The quantitative estimate of drug-likeness (QED) is 0.858. The summed E-state index contributed by atoms with van der Waals surface area (Å²) in [5.74, 6) is -0.245. The van der Waals surface area contributed by atoms with Crippen LogP contribution in [0.1, 0.15) is 12.5 Å². The molecule has 1 aromatic heterocycles. The Labute approximate surface area is 109 Å². The zero-order valence-electron chi connectivity index (χ0n) is 9.94. The normalized spacial score (nSPS) is 10.4. The summed E-state index contributed by atoms with van der Waals surface area (Å²) in [4.78, 5) is 11.7. The number of aromatic nitrogens is 3. The van der Waals surface area contributed by atoms with Crippen LogP contribution in [0.15, 0.2) is 18.2 Å². The highest BCUT2D eigenvalue weighted by Gasteiger charge is 2.12. The molecule has 2 rings (SSSR count). The number of nitrogens with zero attached hydrogens (tertiary/aromatic N) is 3. The number of aryl methyl sites for hydroxylation is 1. The fourth-order valence-corrected chi connectivity index (χ4v) is 1.61. The topological polar surface area (TPSA) is 47.9 Å². The number of halogens is 2. The van der Waals surface area contributed by atoms with Gasteiger partial charge in [0.05, 0.1) is 12.2 Å². The minimum atomic E-state index is -0.412. The molecule has 0 saturated carbocycles. The highest BCUT2D eigenvalue weighted by molar-refractivity contribution is 6.28. The summed E-state index contributed by atoms with van der Waals surface area (Å²) in [7, 11) is 0. The Morgan fingerprint density at radius 2 is 2.06 bits per heavy atom. The third-order valence-electron chi connectivity index (χ3n) is 2.22. The number of ether oxygens (including phenoxy) is 1. The van der Waals surface area contributed by atoms with Crippen LogP contribution in [0.4, 0.5) is 4.39 Å². The molecule has 0 unspecified atom stereocenters. The molecule has 0 atom stereocenters. The Hall–Kier alpha value is -1.75. The van der Waals surface area contributed by atoms with Gasteiger partial charge in [-0.15, -0.1) is 0 Å². The van der Waals surface area contributed by atoms with Crippen molar-refractivity contribution in [3.63, 3.8) is 0 Å². The summed E-state index contributed by atoms with van der Waals surface area (Å²) in [5, 5.41) is -0.0237. The van der Waals surface area contributed by atoms with Gasteiger partial charge in [-0.3, -0.25) is 0 Å². The van der Waals surface area contributed by atoms with Crippen LogP contribution in [-0.4, -0.2) is 21.6 Å². The molecule has 18 heavy (non-hydrogen) atoms. The highest BCUT2D eigenvalue weighted by atomic mass is 35.5. The molecule has 1 heterocycles. The van der Waals surface area contributed by atoms with Crippen LogP contribution in [0.3, 0.4) is 0 Å². The van der Waals surface area contributed by atoms with Gasteiger partial charge in [0.25, 0.3) is 0 Å². The molecule has 0 fully saturated rings. The zero-order chi connectivity index (χ0) is 13.1. The van der Waals surface area contributed by atoms with Gasteiger partial charge in [-0.05, 0) is 37.6 Å². The predicted octanol–water partition coefficient (Wildman–Crippen LogP) is 3.04. The van der Waals surface area contributed by atoms with E-state index in [4.69, 9.17) is 16.3 Å². The molecule has 6 heteroatoms. The molecule has 2 aromatic rings. The van der Waals surface area contributed by atoms with Crippen LogP contribution < -0.4 is 4.74 Å². The molecule has 0 radical (unpaired) electrons. The van der Waals surface area contributed by atoms with E-state index in [1.165, 1.54) is 6.07 Å². The number of rotatable bonds is 3. The van der Waals surface area contributed by atoms with Crippen molar-refractivity contribution < 1.29 is 9.13 Å². The van der Waals surface area contributed by atoms with Gasteiger partial charge in [0.15, 0.2) is 5.82 Å². The number of benzene rings is 1. The average molecular weight is 268 g/mol. The van der Waals surface area contributed by atoms with Crippen molar-refractivity contribution in [1.29, 1.82) is 0 Å². The Kier molecular flexibility index (Phi) is 3.72. The van der Waals surface area contributed by atoms with Crippen molar-refractivity contribution in [1.82, 2.24) is 15.0 Å². The molecule has 0 aliphatic rings. The lowest BCUT2D eigenvalue weighted by atomic mass is 10.1. The van der Waals surface area contributed by atoms with Crippen molar-refractivity contribution in [2.75, 3.05) is 6.61 Å². The molecule has 1 aromatic carbocycles. The van der Waals surface area contributed by atoms with E-state index in [2.05, 4.69) is 15.0 Å². The maximum absolute atomic E-state index is 13.7. The van der Waals surface area contributed by atoms with Gasteiger partial charge in [-0.25, -0.2) is 4.39 Å². The molecule has 0 aliphatic carbocycles. The third kappa shape index (κ3) is 2.73. The van der Waals surface area contributed by atoms with Gasteiger partial charge in [0.2, 0.25) is 5.28 Å². The van der Waals surface area contributed by atoms with E-state index in [1.54, 1.807) is 19.1 Å². The molecule has 94 valence electrons. The first-order valence-corrected chi connectivity index (χ1v) is 5.79. The molecular formula is C12H11ClFN3O. The van der Waals surface area contributed by atoms with Gasteiger partial charge in [-0.1, -0.05) is 11.6 Å². The number of hydrogen-bond acceptors (Lipinski definition) is 4. The maximum atomic E-state index is 13.7. The van der Waals surface area contributed by atoms with Crippen LogP contribution in [0, 0.1) is 12.7 Å². The van der Waals surface area contributed by atoms with E-state index in [9.17, 15) is 4.39 Å². The summed E-state index contributed by atoms with van der Waals surface area (Å²) >= 11 is 5.76. The van der Waals surface area contributed by atoms with E-state index >= 15 is 0 Å². The lowest BCUT2D eigenvalue weighted by Crippen LogP contribution is -2.02. The first-order valence-electron chi connectivity index (χ1n) is 5.41. The molecular weight excluding hydrogens is 257 g/mol. The number of hydrogen-bond donors (Lipinski definition) is 0. The Morgan fingerprint density at radius 3 is 2.78 bits per heavy atom. The van der Waals surface area contributed by atoms with Crippen molar-refractivity contribution in [3.8, 4) is 17.4 Å². The van der Waals surface area contributed by atoms with E-state index < -0.39 is 5.82 Å². The Bertz CT molecular complexity index is 577. The Morgan fingerprint density at radius 1 is 1.28 bits per heavy atom. The molecule has 0 saturated heterocycles. The summed E-state index contributed by atoms with van der Waals surface area (Å²) in [5.41, 5.74) is 1.18. The maximum Gasteiger partial charge on any atom is 0.321 e. The van der Waals surface area contributed by atoms with Crippen molar-refractivity contribution in [3.05, 3.63) is 34.9 Å². The standard InChI is InChI=1S/C12H11ClFN3O/c1-3-18-12-16-10(15-11(13)17-12)8-6-7(2)4-5-9(8)14/h4-6H,3H2,1-2H3. The smallest absolute Gasteiger partial charge is 0.321 e. The van der Waals surface area contributed by atoms with Crippen LogP contribution >= 0.6 is 11.6 Å². The van der Waals surface area contributed by atoms with E-state index in [0.717, 1.165) is 5.56 Å². The molecule has 0 bridgehead atoms. The monoisotopic (exact) mass is 267 g/mol. The largest absolute Gasteiger partial charge is 0.464 e. The van der Waals surface area contributed by atoms with E-state index in [1.807, 2.05) is 6.92 Å². The second kappa shape index (κ2) is 5.27. The van der Waals surface area contributed by atoms with Crippen LogP contribution in [0.2, 0.25) is 5.28 Å². The van der Waals surface area contributed by atoms with E-state index in [0.29, 0.717) is 6.61 Å². The SMILES string of the molecule is CCOc1nc(Cl)nc(-c2cc(C)ccc2F)n1. The second-order valence-corrected chi connectivity index (χ2v) is 3.96. The van der Waals surface area contributed by atoms with Crippen molar-refractivity contribution >= 4 is 11.6 Å². The third-order valence-corrected chi connectivity index (χ3v) is 2.39. The van der Waals surface area contributed by atoms with Crippen molar-refractivity contribution in [2.45, 2.75) is 13.8 Å². The van der Waals surface area contributed by atoms with Crippen LogP contribution in [0.25, 0.3) is 11.4 Å². The minimum Gasteiger partial charge on any atom is -0.464 e. The zero-order valence-corrected chi connectivity index (χ0v) is 10.7. The molecule has 0 aliphatic heterocycles. The lowest BCUT2D eigenvalue weighted by Gasteiger charge is -2.06. The highest BCUT2D eigenvalue weighted by Crippen LogP contribution is 2.23. The van der Waals surface area contributed by atoms with Crippen molar-refractivity contribution in [2.24, 2.45) is 0 Å².